The molecular weight excluding hydrogens is 239 g/mol. The Morgan fingerprint density at radius 3 is 2.47 bits per heavy atom. The van der Waals surface area contributed by atoms with Gasteiger partial charge in [0.05, 0.1) is 20.3 Å². The quantitative estimate of drug-likeness (QED) is 0.702. The van der Waals surface area contributed by atoms with Gasteiger partial charge in [-0.05, 0) is 37.1 Å². The van der Waals surface area contributed by atoms with Crippen molar-refractivity contribution in [3.8, 4) is 5.75 Å². The summed E-state index contributed by atoms with van der Waals surface area (Å²) in [6, 6.07) is 5.89. The molecule has 0 radical (unpaired) electrons. The lowest BCUT2D eigenvalue weighted by Crippen LogP contribution is -1.96. The summed E-state index contributed by atoms with van der Waals surface area (Å²) < 4.78 is 21.1. The van der Waals surface area contributed by atoms with Gasteiger partial charge in [-0.3, -0.25) is 0 Å². The van der Waals surface area contributed by atoms with E-state index in [-0.39, 0.29) is 0 Å². The summed E-state index contributed by atoms with van der Waals surface area (Å²) >= 11 is 0. The van der Waals surface area contributed by atoms with Crippen LogP contribution in [-0.4, -0.2) is 20.8 Å². The molecule has 0 amide bonds. The van der Waals surface area contributed by atoms with Crippen LogP contribution < -0.4 is 4.74 Å². The van der Waals surface area contributed by atoms with Gasteiger partial charge in [0.25, 0.3) is 0 Å². The van der Waals surface area contributed by atoms with Crippen molar-refractivity contribution in [3.05, 3.63) is 29.3 Å². The van der Waals surface area contributed by atoms with Crippen molar-refractivity contribution >= 4 is 8.60 Å². The molecule has 0 aliphatic rings. The van der Waals surface area contributed by atoms with Gasteiger partial charge in [-0.15, -0.1) is 0 Å². The summed E-state index contributed by atoms with van der Waals surface area (Å²) in [5.41, 5.74) is 2.24. The standard InChI is InChI=1S/C12H19O4P/c1-5-15-17(14-4)16-9-11-6-7-12(13-3)8-10(11)2/h6-8H,5,9H2,1-4H3. The third-order valence-electron chi connectivity index (χ3n) is 2.26. The van der Waals surface area contributed by atoms with Crippen LogP contribution in [0.25, 0.3) is 0 Å². The molecule has 5 heteroatoms. The average Bonchev–Trinajstić information content (AvgIpc) is 2.35. The molecule has 0 N–H and O–H groups in total. The van der Waals surface area contributed by atoms with Gasteiger partial charge >= 0.3 is 8.60 Å². The van der Waals surface area contributed by atoms with Crippen LogP contribution in [0.5, 0.6) is 5.75 Å². The summed E-state index contributed by atoms with van der Waals surface area (Å²) in [6.45, 7) is 5.00. The van der Waals surface area contributed by atoms with E-state index in [1.165, 1.54) is 0 Å². The average molecular weight is 258 g/mol. The van der Waals surface area contributed by atoms with Crippen molar-refractivity contribution in [2.75, 3.05) is 20.8 Å². The molecule has 17 heavy (non-hydrogen) atoms. The molecule has 1 unspecified atom stereocenters. The van der Waals surface area contributed by atoms with Crippen LogP contribution in [-0.2, 0) is 20.2 Å². The van der Waals surface area contributed by atoms with Gasteiger partial charge in [0.15, 0.2) is 0 Å². The fraction of sp³-hybridized carbons (Fsp3) is 0.500. The number of benzene rings is 1. The molecule has 1 atom stereocenters. The number of rotatable bonds is 7. The van der Waals surface area contributed by atoms with Gasteiger partial charge in [0.2, 0.25) is 0 Å². The summed E-state index contributed by atoms with van der Waals surface area (Å²) in [7, 11) is 2.01. The predicted octanol–water partition coefficient (Wildman–Crippen LogP) is 3.43. The Kier molecular flexibility index (Phi) is 6.45. The summed E-state index contributed by atoms with van der Waals surface area (Å²) in [5.74, 6) is 0.852. The maximum atomic E-state index is 5.55. The zero-order valence-electron chi connectivity index (χ0n) is 10.7. The number of ether oxygens (including phenoxy) is 1. The zero-order chi connectivity index (χ0) is 12.7. The van der Waals surface area contributed by atoms with Crippen molar-refractivity contribution in [1.29, 1.82) is 0 Å². The Morgan fingerprint density at radius 2 is 1.94 bits per heavy atom. The van der Waals surface area contributed by atoms with Crippen LogP contribution in [0.15, 0.2) is 18.2 Å². The van der Waals surface area contributed by atoms with E-state index in [0.29, 0.717) is 13.2 Å². The Morgan fingerprint density at radius 1 is 1.18 bits per heavy atom. The highest BCUT2D eigenvalue weighted by molar-refractivity contribution is 7.41. The molecule has 4 nitrogen and oxygen atoms in total. The molecule has 0 spiro atoms. The molecule has 0 saturated heterocycles. The Labute approximate surface area is 104 Å². The van der Waals surface area contributed by atoms with Crippen LogP contribution in [0.1, 0.15) is 18.1 Å². The van der Waals surface area contributed by atoms with E-state index in [2.05, 4.69) is 0 Å². The first-order valence-electron chi connectivity index (χ1n) is 5.44. The van der Waals surface area contributed by atoms with E-state index in [9.17, 15) is 0 Å². The smallest absolute Gasteiger partial charge is 0.332 e. The molecule has 0 bridgehead atoms. The predicted molar refractivity (Wildman–Crippen MR) is 68.1 cm³/mol. The Bertz CT molecular complexity index is 343. The second-order valence-electron chi connectivity index (χ2n) is 3.39. The molecule has 1 aromatic carbocycles. The van der Waals surface area contributed by atoms with Crippen molar-refractivity contribution in [2.45, 2.75) is 20.5 Å². The molecule has 0 heterocycles. The van der Waals surface area contributed by atoms with Gasteiger partial charge in [-0.25, -0.2) is 0 Å². The molecule has 1 aromatic rings. The van der Waals surface area contributed by atoms with Crippen molar-refractivity contribution in [1.82, 2.24) is 0 Å². The molecule has 0 fully saturated rings. The molecule has 1 rings (SSSR count). The normalized spacial score (nSPS) is 12.5. The van der Waals surface area contributed by atoms with Gasteiger partial charge in [-0.2, -0.15) is 0 Å². The van der Waals surface area contributed by atoms with E-state index < -0.39 is 8.60 Å². The van der Waals surface area contributed by atoms with Crippen LogP contribution in [0.2, 0.25) is 0 Å². The summed E-state index contributed by atoms with van der Waals surface area (Å²) in [4.78, 5) is 0. The van der Waals surface area contributed by atoms with E-state index in [1.54, 1.807) is 14.2 Å². The van der Waals surface area contributed by atoms with Gasteiger partial charge in [-0.1, -0.05) is 6.07 Å². The number of methoxy groups -OCH3 is 1. The van der Waals surface area contributed by atoms with E-state index >= 15 is 0 Å². The van der Waals surface area contributed by atoms with Crippen LogP contribution in [0.4, 0.5) is 0 Å². The summed E-state index contributed by atoms with van der Waals surface area (Å²) in [5, 5.41) is 0. The zero-order valence-corrected chi connectivity index (χ0v) is 11.6. The minimum absolute atomic E-state index is 0.482. The van der Waals surface area contributed by atoms with Crippen molar-refractivity contribution in [3.63, 3.8) is 0 Å². The third-order valence-corrected chi connectivity index (χ3v) is 3.37. The van der Waals surface area contributed by atoms with Gasteiger partial charge < -0.3 is 18.3 Å². The first kappa shape index (κ1) is 14.4. The molecule has 0 saturated carbocycles. The number of hydrogen-bond donors (Lipinski definition) is 0. The van der Waals surface area contributed by atoms with E-state index in [4.69, 9.17) is 18.3 Å². The van der Waals surface area contributed by atoms with E-state index in [1.807, 2.05) is 32.0 Å². The Balaban J connectivity index is 2.56. The second kappa shape index (κ2) is 7.62. The highest BCUT2D eigenvalue weighted by Crippen LogP contribution is 2.39. The molecule has 0 aliphatic carbocycles. The van der Waals surface area contributed by atoms with Gasteiger partial charge in [0, 0.05) is 7.11 Å². The minimum Gasteiger partial charge on any atom is -0.497 e. The van der Waals surface area contributed by atoms with Crippen molar-refractivity contribution < 1.29 is 18.3 Å². The minimum atomic E-state index is -1.24. The van der Waals surface area contributed by atoms with E-state index in [0.717, 1.165) is 16.9 Å². The highest BCUT2D eigenvalue weighted by Gasteiger charge is 2.10. The molecular formula is C12H19O4P. The van der Waals surface area contributed by atoms with Crippen LogP contribution in [0.3, 0.4) is 0 Å². The Hall–Kier alpha value is -0.670. The fourth-order valence-corrected chi connectivity index (χ4v) is 2.07. The monoisotopic (exact) mass is 258 g/mol. The largest absolute Gasteiger partial charge is 0.497 e. The lowest BCUT2D eigenvalue weighted by molar-refractivity contribution is 0.180. The maximum Gasteiger partial charge on any atom is 0.332 e. The molecule has 96 valence electrons. The number of hydrogen-bond acceptors (Lipinski definition) is 4. The maximum absolute atomic E-state index is 5.55. The number of aryl methyl sites for hydroxylation is 1. The SMILES string of the molecule is CCOP(OC)OCc1ccc(OC)cc1C. The van der Waals surface area contributed by atoms with Crippen LogP contribution in [0, 0.1) is 6.92 Å². The van der Waals surface area contributed by atoms with Crippen LogP contribution >= 0.6 is 8.60 Å². The lowest BCUT2D eigenvalue weighted by atomic mass is 10.1. The first-order valence-corrected chi connectivity index (χ1v) is 6.54. The van der Waals surface area contributed by atoms with Gasteiger partial charge in [0.1, 0.15) is 5.75 Å². The fourth-order valence-electron chi connectivity index (χ4n) is 1.33. The first-order chi connectivity index (χ1) is 8.21. The van der Waals surface area contributed by atoms with Crippen molar-refractivity contribution in [2.24, 2.45) is 0 Å². The lowest BCUT2D eigenvalue weighted by Gasteiger charge is -2.14. The topological polar surface area (TPSA) is 36.9 Å². The summed E-state index contributed by atoms with van der Waals surface area (Å²) in [6.07, 6.45) is 0. The third kappa shape index (κ3) is 4.60. The molecule has 0 aliphatic heterocycles. The molecule has 0 aromatic heterocycles. The second-order valence-corrected chi connectivity index (χ2v) is 4.72. The highest BCUT2D eigenvalue weighted by atomic mass is 31.2.